The van der Waals surface area contributed by atoms with Crippen molar-refractivity contribution in [2.75, 3.05) is 34.0 Å². The van der Waals surface area contributed by atoms with Gasteiger partial charge in [0.15, 0.2) is 19.8 Å². The summed E-state index contributed by atoms with van der Waals surface area (Å²) >= 11 is 0. The van der Waals surface area contributed by atoms with Gasteiger partial charge in [-0.2, -0.15) is 0 Å². The van der Waals surface area contributed by atoms with E-state index in [2.05, 4.69) is 39.2 Å². The summed E-state index contributed by atoms with van der Waals surface area (Å²) in [5.41, 5.74) is 3.33. The van der Waals surface area contributed by atoms with Crippen molar-refractivity contribution in [3.63, 3.8) is 0 Å². The molecule has 2 amide bonds. The molecule has 0 radical (unpaired) electrons. The van der Waals surface area contributed by atoms with E-state index in [4.69, 9.17) is 28.1 Å². The highest BCUT2D eigenvalue weighted by molar-refractivity contribution is 6.74. The average Bonchev–Trinajstić information content (AvgIpc) is 3.14. The Hall–Kier alpha value is -4.10. The molecule has 12 heteroatoms. The van der Waals surface area contributed by atoms with E-state index < -0.39 is 38.1 Å². The summed E-state index contributed by atoms with van der Waals surface area (Å²) in [6.07, 6.45) is 0.343. The van der Waals surface area contributed by atoms with Crippen LogP contribution in [0.3, 0.4) is 0 Å². The molecule has 1 heterocycles. The molecule has 0 aliphatic carbocycles. The van der Waals surface area contributed by atoms with Crippen LogP contribution in [0.25, 0.3) is 0 Å². The topological polar surface area (TPSA) is 125 Å². The minimum Gasteiger partial charge on any atom is -0.496 e. The van der Waals surface area contributed by atoms with Crippen molar-refractivity contribution in [3.05, 3.63) is 88.5 Å². The maximum Gasteiger partial charge on any atom is 0.408 e. The largest absolute Gasteiger partial charge is 0.496 e. The molecule has 1 aliphatic heterocycles. The molecule has 308 valence electrons. The Labute approximate surface area is 335 Å². The number of benzene rings is 3. The van der Waals surface area contributed by atoms with Crippen LogP contribution in [-0.4, -0.2) is 82.0 Å². The third kappa shape index (κ3) is 11.3. The van der Waals surface area contributed by atoms with E-state index in [0.717, 1.165) is 22.3 Å². The fraction of sp³-hybridized carbons (Fsp3) is 0.545. The number of hydrogen-bond acceptors (Lipinski definition) is 9. The molecular formula is C44H64N2O9Si. The first-order valence-corrected chi connectivity index (χ1v) is 22.4. The van der Waals surface area contributed by atoms with E-state index in [0.29, 0.717) is 35.8 Å². The second-order valence-electron chi connectivity index (χ2n) is 16.9. The van der Waals surface area contributed by atoms with Crippen LogP contribution in [0.4, 0.5) is 4.79 Å². The lowest BCUT2D eigenvalue weighted by atomic mass is 9.84. The van der Waals surface area contributed by atoms with Crippen molar-refractivity contribution >= 4 is 20.3 Å². The Bertz CT molecular complexity index is 1740. The molecule has 0 spiro atoms. The maximum atomic E-state index is 15.2. The monoisotopic (exact) mass is 792 g/mol. The summed E-state index contributed by atoms with van der Waals surface area (Å²) in [5.74, 6) is 1.15. The Morgan fingerprint density at radius 1 is 0.893 bits per heavy atom. The van der Waals surface area contributed by atoms with Gasteiger partial charge in [0.25, 0.3) is 0 Å². The molecule has 1 aliphatic rings. The van der Waals surface area contributed by atoms with E-state index in [9.17, 15) is 9.90 Å². The predicted octanol–water partition coefficient (Wildman–Crippen LogP) is 8.29. The predicted molar refractivity (Wildman–Crippen MR) is 221 cm³/mol. The number of fused-ring (bicyclic) bond motifs is 1. The zero-order valence-corrected chi connectivity index (χ0v) is 36.3. The van der Waals surface area contributed by atoms with Crippen LogP contribution < -0.4 is 19.5 Å². The molecule has 3 aromatic rings. The maximum absolute atomic E-state index is 15.2. The zero-order valence-electron chi connectivity index (χ0n) is 35.3. The van der Waals surface area contributed by atoms with Crippen molar-refractivity contribution in [2.24, 2.45) is 0 Å². The second kappa shape index (κ2) is 19.4. The molecule has 0 fully saturated rings. The van der Waals surface area contributed by atoms with Crippen molar-refractivity contribution in [1.29, 1.82) is 0 Å². The van der Waals surface area contributed by atoms with Gasteiger partial charge in [0.2, 0.25) is 5.91 Å². The lowest BCUT2D eigenvalue weighted by Crippen LogP contribution is -2.57. The van der Waals surface area contributed by atoms with E-state index in [1.165, 1.54) is 0 Å². The molecule has 11 nitrogen and oxygen atoms in total. The Balaban J connectivity index is 1.83. The molecule has 3 atom stereocenters. The highest BCUT2D eigenvalue weighted by Gasteiger charge is 2.45. The fourth-order valence-corrected chi connectivity index (χ4v) is 7.88. The summed E-state index contributed by atoms with van der Waals surface area (Å²) in [4.78, 5) is 30.2. The molecule has 3 aromatic carbocycles. The lowest BCUT2D eigenvalue weighted by molar-refractivity contribution is -0.143. The van der Waals surface area contributed by atoms with Crippen LogP contribution in [0, 0.1) is 6.92 Å². The Kier molecular flexibility index (Phi) is 15.4. The number of amides is 2. The number of alkyl carbamates (subject to hydrolysis) is 1. The Morgan fingerprint density at radius 3 is 2.02 bits per heavy atom. The van der Waals surface area contributed by atoms with Gasteiger partial charge in [0.1, 0.15) is 24.0 Å². The molecule has 4 rings (SSSR count). The normalized spacial score (nSPS) is 16.5. The van der Waals surface area contributed by atoms with Crippen LogP contribution in [0.5, 0.6) is 17.2 Å². The number of carbonyl (C=O) groups is 2. The van der Waals surface area contributed by atoms with Gasteiger partial charge in [-0.25, -0.2) is 4.79 Å². The van der Waals surface area contributed by atoms with E-state index in [1.807, 2.05) is 67.6 Å². The zero-order chi connectivity index (χ0) is 41.3. The summed E-state index contributed by atoms with van der Waals surface area (Å²) in [5, 5.41) is 13.9. The third-order valence-electron chi connectivity index (χ3n) is 10.6. The summed E-state index contributed by atoms with van der Waals surface area (Å²) in [7, 11) is 1.12. The minimum atomic E-state index is -2.07. The number of nitrogens with one attached hydrogen (secondary N) is 1. The highest BCUT2D eigenvalue weighted by Crippen LogP contribution is 2.51. The van der Waals surface area contributed by atoms with Crippen LogP contribution in [0.15, 0.2) is 60.7 Å². The molecule has 0 aromatic heterocycles. The van der Waals surface area contributed by atoms with E-state index >= 15 is 4.79 Å². The van der Waals surface area contributed by atoms with Gasteiger partial charge >= 0.3 is 6.09 Å². The number of nitrogens with zero attached hydrogens (tertiary/aromatic N) is 1. The first-order valence-electron chi connectivity index (χ1n) is 19.5. The third-order valence-corrected chi connectivity index (χ3v) is 15.2. The van der Waals surface area contributed by atoms with Gasteiger partial charge in [-0.05, 0) is 76.2 Å². The van der Waals surface area contributed by atoms with Gasteiger partial charge < -0.3 is 43.4 Å². The first-order chi connectivity index (χ1) is 26.4. The van der Waals surface area contributed by atoms with Crippen molar-refractivity contribution < 1.29 is 42.8 Å². The molecule has 56 heavy (non-hydrogen) atoms. The number of aliphatic hydroxyl groups is 1. The van der Waals surface area contributed by atoms with Gasteiger partial charge in [-0.3, -0.25) is 4.79 Å². The van der Waals surface area contributed by atoms with Crippen molar-refractivity contribution in [2.45, 2.75) is 123 Å². The van der Waals surface area contributed by atoms with E-state index in [1.54, 1.807) is 39.9 Å². The first kappa shape index (κ1) is 44.6. The molecular weight excluding hydrogens is 729 g/mol. The number of carbonyl (C=O) groups excluding carboxylic acids is 2. The number of ether oxygens (including phenoxy) is 5. The average molecular weight is 793 g/mol. The van der Waals surface area contributed by atoms with Gasteiger partial charge in [0.05, 0.1) is 46.1 Å². The summed E-state index contributed by atoms with van der Waals surface area (Å²) in [6.45, 7) is 18.8. The number of rotatable bonds is 17. The van der Waals surface area contributed by atoms with Crippen LogP contribution in [0.2, 0.25) is 18.1 Å². The van der Waals surface area contributed by atoms with Gasteiger partial charge in [-0.1, -0.05) is 81.4 Å². The number of methoxy groups -OCH3 is 2. The molecule has 0 bridgehead atoms. The Morgan fingerprint density at radius 2 is 1.48 bits per heavy atom. The summed E-state index contributed by atoms with van der Waals surface area (Å²) < 4.78 is 37.3. The lowest BCUT2D eigenvalue weighted by Gasteiger charge is -2.45. The van der Waals surface area contributed by atoms with Crippen molar-refractivity contribution in [1.82, 2.24) is 10.2 Å². The van der Waals surface area contributed by atoms with Crippen LogP contribution in [0.1, 0.15) is 88.2 Å². The minimum absolute atomic E-state index is 0.0141. The van der Waals surface area contributed by atoms with Gasteiger partial charge in [0, 0.05) is 23.3 Å². The number of hydrogen-bond donors (Lipinski definition) is 2. The van der Waals surface area contributed by atoms with Crippen molar-refractivity contribution in [3.8, 4) is 17.2 Å². The van der Waals surface area contributed by atoms with E-state index in [-0.39, 0.29) is 50.2 Å². The highest BCUT2D eigenvalue weighted by atomic mass is 28.4. The molecule has 0 saturated carbocycles. The molecule has 2 N–H and O–H groups in total. The fourth-order valence-electron chi connectivity index (χ4n) is 6.79. The smallest absolute Gasteiger partial charge is 0.408 e. The second-order valence-corrected chi connectivity index (χ2v) is 21.7. The number of aliphatic hydroxyl groups excluding tert-OH is 1. The van der Waals surface area contributed by atoms with Gasteiger partial charge in [-0.15, -0.1) is 0 Å². The van der Waals surface area contributed by atoms with Crippen LogP contribution in [-0.2, 0) is 38.3 Å². The molecule has 0 unspecified atom stereocenters. The SMILES string of the molecule is COc1c(C)c(OC)c(OCc2ccccc2)c2c1C[C@@H](CO)N(C(=O)[C@H](CCCO[Si](C)(C)C(C)(C)C)NC(=O)OC(C)(C)C)[C@H]2COCc1ccccc1. The standard InChI is InChI=1S/C44H64N2O9Si/c1-30-38(50-8)34-25-33(26-47)46(41(48)35(45-42(49)55-43(2,3)4)23-18-24-54-56(10,11)44(5,6)7)36(29-52-27-31-19-14-12-15-20-31)37(34)40(39(30)51-9)53-28-32-21-16-13-17-22-32/h12-17,19-22,33,35-36,47H,18,23-29H2,1-11H3,(H,45,49)/t33-,35-,36-/m0/s1. The summed E-state index contributed by atoms with van der Waals surface area (Å²) in [6, 6.07) is 17.1. The quantitative estimate of drug-likeness (QED) is 0.103. The van der Waals surface area contributed by atoms with Crippen LogP contribution >= 0.6 is 0 Å². The molecule has 0 saturated heterocycles.